The van der Waals surface area contributed by atoms with Crippen LogP contribution < -0.4 is 16.8 Å². The van der Waals surface area contributed by atoms with Crippen LogP contribution in [0.4, 0.5) is 4.39 Å². The van der Waals surface area contributed by atoms with Crippen LogP contribution in [0.2, 0.25) is 0 Å². The van der Waals surface area contributed by atoms with E-state index in [-0.39, 0.29) is 30.1 Å². The summed E-state index contributed by atoms with van der Waals surface area (Å²) < 4.78 is 13.9. The predicted molar refractivity (Wildman–Crippen MR) is 65.8 cm³/mol. The number of halogens is 1. The number of amides is 1. The van der Waals surface area contributed by atoms with E-state index in [4.69, 9.17) is 21.8 Å². The molecule has 0 spiro atoms. The van der Waals surface area contributed by atoms with Gasteiger partial charge in [0.15, 0.2) is 5.84 Å². The van der Waals surface area contributed by atoms with E-state index in [9.17, 15) is 9.18 Å². The van der Waals surface area contributed by atoms with Crippen molar-refractivity contribution in [1.82, 2.24) is 5.32 Å². The van der Waals surface area contributed by atoms with Crippen LogP contribution in [0.3, 0.4) is 0 Å². The highest BCUT2D eigenvalue weighted by atomic mass is 19.1. The molecule has 1 amide bonds. The maximum Gasteiger partial charge on any atom is 0.247 e. The average molecular weight is 270 g/mol. The Morgan fingerprint density at radius 2 is 2.16 bits per heavy atom. The van der Waals surface area contributed by atoms with Crippen molar-refractivity contribution in [3.8, 4) is 0 Å². The lowest BCUT2D eigenvalue weighted by molar-refractivity contribution is -0.125. The third-order valence-corrected chi connectivity index (χ3v) is 2.44. The zero-order valence-electron chi connectivity index (χ0n) is 10.0. The number of carbonyl (C=O) groups is 1. The number of aliphatic hydroxyl groups excluding tert-OH is 1. The fourth-order valence-corrected chi connectivity index (χ4v) is 1.41. The molecule has 7 N–H and O–H groups in total. The topological polar surface area (TPSA) is 134 Å². The zero-order valence-corrected chi connectivity index (χ0v) is 10.0. The van der Waals surface area contributed by atoms with Crippen molar-refractivity contribution in [2.45, 2.75) is 12.6 Å². The van der Waals surface area contributed by atoms with Gasteiger partial charge in [-0.05, 0) is 6.07 Å². The van der Waals surface area contributed by atoms with Crippen molar-refractivity contribution in [2.75, 3.05) is 6.54 Å². The molecule has 8 heteroatoms. The van der Waals surface area contributed by atoms with Crippen molar-refractivity contribution in [2.24, 2.45) is 16.6 Å². The largest absolute Gasteiger partial charge is 0.409 e. The second-order valence-electron chi connectivity index (χ2n) is 3.81. The first-order valence-corrected chi connectivity index (χ1v) is 5.40. The highest BCUT2D eigenvalue weighted by molar-refractivity contribution is 5.97. The van der Waals surface area contributed by atoms with Crippen molar-refractivity contribution in [3.63, 3.8) is 0 Å². The van der Waals surface area contributed by atoms with Crippen LogP contribution in [0.25, 0.3) is 0 Å². The van der Waals surface area contributed by atoms with Gasteiger partial charge in [-0.15, -0.1) is 0 Å². The Kier molecular flexibility index (Phi) is 5.22. The summed E-state index contributed by atoms with van der Waals surface area (Å²) in [5.41, 5.74) is 10.4. The van der Waals surface area contributed by atoms with Crippen molar-refractivity contribution in [3.05, 3.63) is 35.1 Å². The Labute approximate surface area is 108 Å². The maximum absolute atomic E-state index is 13.9. The number of nitrogens with zero attached hydrogens (tertiary/aromatic N) is 1. The van der Waals surface area contributed by atoms with Crippen LogP contribution in [-0.4, -0.2) is 34.7 Å². The van der Waals surface area contributed by atoms with Crippen molar-refractivity contribution < 1.29 is 19.5 Å². The summed E-state index contributed by atoms with van der Waals surface area (Å²) in [7, 11) is 0. The van der Waals surface area contributed by atoms with Crippen LogP contribution in [0, 0.1) is 5.82 Å². The minimum atomic E-state index is -1.34. The van der Waals surface area contributed by atoms with Crippen molar-refractivity contribution >= 4 is 11.7 Å². The minimum Gasteiger partial charge on any atom is -0.409 e. The highest BCUT2D eigenvalue weighted by Crippen LogP contribution is 2.12. The number of amidine groups is 1. The summed E-state index contributed by atoms with van der Waals surface area (Å²) >= 11 is 0. The molecule has 0 radical (unpaired) electrons. The standard InChI is InChI=1S/C11H15FN4O3/c12-9-6(4-15-5-8(17)11(14)18)2-1-3-7(9)10(13)16-19/h1-3,8,15,17,19H,4-5H2,(H2,13,16)(H2,14,18). The molecule has 0 fully saturated rings. The molecule has 7 nitrogen and oxygen atoms in total. The Morgan fingerprint density at radius 1 is 1.47 bits per heavy atom. The smallest absolute Gasteiger partial charge is 0.247 e. The lowest BCUT2D eigenvalue weighted by atomic mass is 10.1. The SMILES string of the molecule is NC(=O)C(O)CNCc1cccc(/C(N)=N/O)c1F. The van der Waals surface area contributed by atoms with Crippen LogP contribution in [0.5, 0.6) is 0 Å². The molecule has 0 aliphatic carbocycles. The Balaban J connectivity index is 2.72. The lowest BCUT2D eigenvalue weighted by Gasteiger charge is -2.10. The fraction of sp³-hybridized carbons (Fsp3) is 0.273. The fourth-order valence-electron chi connectivity index (χ4n) is 1.41. The van der Waals surface area contributed by atoms with Gasteiger partial charge in [0, 0.05) is 18.7 Å². The monoisotopic (exact) mass is 270 g/mol. The summed E-state index contributed by atoms with van der Waals surface area (Å²) in [5.74, 6) is -1.84. The molecule has 1 aromatic rings. The summed E-state index contributed by atoms with van der Waals surface area (Å²) in [4.78, 5) is 10.6. The van der Waals surface area contributed by atoms with E-state index in [1.165, 1.54) is 18.2 Å². The van der Waals surface area contributed by atoms with Gasteiger partial charge in [-0.2, -0.15) is 0 Å². The third-order valence-electron chi connectivity index (χ3n) is 2.44. The molecule has 1 rings (SSSR count). The molecule has 0 aromatic heterocycles. The first-order chi connectivity index (χ1) is 8.97. The van der Waals surface area contributed by atoms with Gasteiger partial charge in [-0.25, -0.2) is 4.39 Å². The number of nitrogens with one attached hydrogen (secondary N) is 1. The van der Waals surface area contributed by atoms with E-state index >= 15 is 0 Å². The summed E-state index contributed by atoms with van der Waals surface area (Å²) in [6.07, 6.45) is -1.34. The van der Waals surface area contributed by atoms with E-state index < -0.39 is 17.8 Å². The van der Waals surface area contributed by atoms with E-state index in [2.05, 4.69) is 10.5 Å². The quantitative estimate of drug-likeness (QED) is 0.193. The number of rotatable bonds is 6. The maximum atomic E-state index is 13.9. The molecule has 0 saturated heterocycles. The minimum absolute atomic E-state index is 0.0303. The van der Waals surface area contributed by atoms with E-state index in [1.807, 2.05) is 0 Å². The number of primary amides is 1. The second-order valence-corrected chi connectivity index (χ2v) is 3.81. The molecular formula is C11H15FN4O3. The first-order valence-electron chi connectivity index (χ1n) is 5.40. The number of oxime groups is 1. The molecule has 104 valence electrons. The summed E-state index contributed by atoms with van der Waals surface area (Å²) in [6.45, 7) is -0.0364. The van der Waals surface area contributed by atoms with Crippen molar-refractivity contribution in [1.29, 1.82) is 0 Å². The molecule has 0 saturated carbocycles. The number of hydrogen-bond donors (Lipinski definition) is 5. The Hall–Kier alpha value is -2.19. The summed E-state index contributed by atoms with van der Waals surface area (Å²) in [5, 5.41) is 23.1. The molecule has 0 heterocycles. The molecule has 1 unspecified atom stereocenters. The van der Waals surface area contributed by atoms with Gasteiger partial charge >= 0.3 is 0 Å². The van der Waals surface area contributed by atoms with Gasteiger partial charge in [0.2, 0.25) is 5.91 Å². The normalized spacial score (nSPS) is 13.3. The van der Waals surface area contributed by atoms with Gasteiger partial charge in [0.1, 0.15) is 11.9 Å². The van der Waals surface area contributed by atoms with Crippen LogP contribution >= 0.6 is 0 Å². The highest BCUT2D eigenvalue weighted by Gasteiger charge is 2.13. The molecule has 0 aliphatic heterocycles. The number of benzene rings is 1. The number of hydrogen-bond acceptors (Lipinski definition) is 5. The van der Waals surface area contributed by atoms with Gasteiger partial charge in [0.25, 0.3) is 0 Å². The third kappa shape index (κ3) is 3.90. The number of nitrogens with two attached hydrogens (primary N) is 2. The lowest BCUT2D eigenvalue weighted by Crippen LogP contribution is -2.37. The molecule has 1 atom stereocenters. The molecular weight excluding hydrogens is 255 g/mol. The van der Waals surface area contributed by atoms with Gasteiger partial charge in [0.05, 0.1) is 5.56 Å². The molecule has 19 heavy (non-hydrogen) atoms. The van der Waals surface area contributed by atoms with Crippen LogP contribution in [0.1, 0.15) is 11.1 Å². The number of carbonyl (C=O) groups excluding carboxylic acids is 1. The summed E-state index contributed by atoms with van der Waals surface area (Å²) in [6, 6.07) is 4.40. The Bertz CT molecular complexity index is 493. The average Bonchev–Trinajstić information content (AvgIpc) is 2.39. The Morgan fingerprint density at radius 3 is 2.74 bits per heavy atom. The van der Waals surface area contributed by atoms with Crippen LogP contribution in [0.15, 0.2) is 23.4 Å². The molecule has 0 aliphatic rings. The van der Waals surface area contributed by atoms with E-state index in [0.29, 0.717) is 0 Å². The zero-order chi connectivity index (χ0) is 14.4. The van der Waals surface area contributed by atoms with Gasteiger partial charge < -0.3 is 27.1 Å². The van der Waals surface area contributed by atoms with Crippen LogP contribution in [-0.2, 0) is 11.3 Å². The van der Waals surface area contributed by atoms with E-state index in [0.717, 1.165) is 0 Å². The molecule has 0 bridgehead atoms. The van der Waals surface area contributed by atoms with E-state index in [1.54, 1.807) is 0 Å². The van der Waals surface area contributed by atoms with Gasteiger partial charge in [-0.1, -0.05) is 17.3 Å². The second kappa shape index (κ2) is 6.66. The number of aliphatic hydroxyl groups is 1. The molecule has 1 aromatic carbocycles. The first kappa shape index (κ1) is 14.9. The van der Waals surface area contributed by atoms with Gasteiger partial charge in [-0.3, -0.25) is 4.79 Å². The predicted octanol–water partition coefficient (Wildman–Crippen LogP) is -1.14.